The number of nitro benzene ring substituents is 1. The first kappa shape index (κ1) is 21.2. The van der Waals surface area contributed by atoms with Crippen LogP contribution in [0.4, 0.5) is 5.69 Å². The Morgan fingerprint density at radius 1 is 1.10 bits per heavy atom. The molecule has 0 atom stereocenters. The summed E-state index contributed by atoms with van der Waals surface area (Å²) in [5, 5.41) is 11.6. The summed E-state index contributed by atoms with van der Waals surface area (Å²) in [7, 11) is 0. The fourth-order valence-corrected chi connectivity index (χ4v) is 3.67. The molecule has 1 aliphatic rings. The van der Waals surface area contributed by atoms with Gasteiger partial charge in [-0.1, -0.05) is 29.8 Å². The average molecular weight is 406 g/mol. The van der Waals surface area contributed by atoms with E-state index in [-0.39, 0.29) is 17.5 Å². The van der Waals surface area contributed by atoms with Gasteiger partial charge in [0.25, 0.3) is 5.69 Å². The molecule has 2 aromatic carbocycles. The van der Waals surface area contributed by atoms with Gasteiger partial charge in [-0.3, -0.25) is 19.7 Å². The molecule has 1 fully saturated rings. The third-order valence-corrected chi connectivity index (χ3v) is 5.28. The molecule has 0 unspecified atom stereocenters. The molecule has 155 valence electrons. The van der Waals surface area contributed by atoms with Gasteiger partial charge in [0.2, 0.25) is 11.8 Å². The van der Waals surface area contributed by atoms with Crippen molar-refractivity contribution in [3.63, 3.8) is 0 Å². The van der Waals surface area contributed by atoms with Crippen molar-refractivity contribution in [2.45, 2.75) is 20.8 Å². The molecule has 0 saturated carbocycles. The first-order chi connectivity index (χ1) is 14.3. The van der Waals surface area contributed by atoms with E-state index in [9.17, 15) is 19.7 Å². The van der Waals surface area contributed by atoms with Crippen LogP contribution in [0.5, 0.6) is 0 Å². The van der Waals surface area contributed by atoms with Gasteiger partial charge in [-0.05, 0) is 42.7 Å². The van der Waals surface area contributed by atoms with Gasteiger partial charge in [-0.25, -0.2) is 0 Å². The van der Waals surface area contributed by atoms with E-state index in [1.807, 2.05) is 32.0 Å². The zero-order valence-electron chi connectivity index (χ0n) is 17.3. The molecule has 0 N–H and O–H groups in total. The zero-order valence-corrected chi connectivity index (χ0v) is 17.3. The Morgan fingerprint density at radius 3 is 2.37 bits per heavy atom. The van der Waals surface area contributed by atoms with Gasteiger partial charge in [0.15, 0.2) is 0 Å². The third-order valence-electron chi connectivity index (χ3n) is 5.28. The molecule has 1 aliphatic heterocycles. The minimum atomic E-state index is -0.450. The maximum Gasteiger partial charge on any atom is 0.285 e. The molecule has 2 amide bonds. The SMILES string of the molecule is CC(=O)N1CCN(C(=O)/C=C/c2cc[c]c([N+](=O)[O-])c2-c2ccc(C)cc2C)CC1. The van der Waals surface area contributed by atoms with E-state index in [1.54, 1.807) is 21.9 Å². The highest BCUT2D eigenvalue weighted by Gasteiger charge is 2.22. The van der Waals surface area contributed by atoms with E-state index < -0.39 is 4.92 Å². The lowest BCUT2D eigenvalue weighted by Gasteiger charge is -2.33. The predicted octanol–water partition coefficient (Wildman–Crippen LogP) is 3.38. The van der Waals surface area contributed by atoms with Crippen molar-refractivity contribution in [3.8, 4) is 11.1 Å². The molecule has 2 aromatic rings. The van der Waals surface area contributed by atoms with Gasteiger partial charge >= 0.3 is 0 Å². The van der Waals surface area contributed by atoms with Crippen LogP contribution in [0, 0.1) is 30.0 Å². The Morgan fingerprint density at radius 2 is 1.77 bits per heavy atom. The second-order valence-corrected chi connectivity index (χ2v) is 7.40. The highest BCUT2D eigenvalue weighted by molar-refractivity contribution is 5.94. The van der Waals surface area contributed by atoms with Crippen molar-refractivity contribution >= 4 is 23.6 Å². The predicted molar refractivity (Wildman–Crippen MR) is 115 cm³/mol. The van der Waals surface area contributed by atoms with E-state index in [1.165, 1.54) is 19.1 Å². The molecule has 7 heteroatoms. The number of rotatable bonds is 4. The van der Waals surface area contributed by atoms with Gasteiger partial charge in [0.1, 0.15) is 0 Å². The van der Waals surface area contributed by atoms with E-state index in [0.717, 1.165) is 16.7 Å². The van der Waals surface area contributed by atoms with Crippen LogP contribution in [0.3, 0.4) is 0 Å². The highest BCUT2D eigenvalue weighted by atomic mass is 16.6. The third kappa shape index (κ3) is 4.56. The number of nitro groups is 1. The van der Waals surface area contributed by atoms with E-state index in [2.05, 4.69) is 6.07 Å². The number of amides is 2. The van der Waals surface area contributed by atoms with Crippen LogP contribution in [-0.2, 0) is 9.59 Å². The van der Waals surface area contributed by atoms with E-state index >= 15 is 0 Å². The Hall–Kier alpha value is -3.48. The molecular formula is C23H24N3O4. The minimum Gasteiger partial charge on any atom is -0.339 e. The molecule has 1 radical (unpaired) electrons. The number of piperazine rings is 1. The van der Waals surface area contributed by atoms with Gasteiger partial charge in [0.05, 0.1) is 16.6 Å². The quantitative estimate of drug-likeness (QED) is 0.443. The number of benzene rings is 2. The van der Waals surface area contributed by atoms with Crippen molar-refractivity contribution < 1.29 is 14.5 Å². The van der Waals surface area contributed by atoms with Crippen LogP contribution in [-0.4, -0.2) is 52.7 Å². The summed E-state index contributed by atoms with van der Waals surface area (Å²) >= 11 is 0. The Labute approximate surface area is 175 Å². The molecule has 0 spiro atoms. The Bertz CT molecular complexity index is 1020. The van der Waals surface area contributed by atoms with Gasteiger partial charge in [-0.15, -0.1) is 0 Å². The second kappa shape index (κ2) is 8.90. The number of carbonyl (C=O) groups is 2. The lowest BCUT2D eigenvalue weighted by atomic mass is 9.93. The van der Waals surface area contributed by atoms with Crippen LogP contribution in [0.15, 0.2) is 36.4 Å². The van der Waals surface area contributed by atoms with Gasteiger partial charge in [-0.2, -0.15) is 0 Å². The fourth-order valence-electron chi connectivity index (χ4n) is 3.67. The molecular weight excluding hydrogens is 382 g/mol. The fraction of sp³-hybridized carbons (Fsp3) is 0.304. The van der Waals surface area contributed by atoms with Crippen molar-refractivity contribution in [1.82, 2.24) is 9.80 Å². The molecule has 7 nitrogen and oxygen atoms in total. The topological polar surface area (TPSA) is 83.8 Å². The highest BCUT2D eigenvalue weighted by Crippen LogP contribution is 2.36. The number of hydrogen-bond acceptors (Lipinski definition) is 4. The maximum atomic E-state index is 12.6. The lowest BCUT2D eigenvalue weighted by Crippen LogP contribution is -2.49. The summed E-state index contributed by atoms with van der Waals surface area (Å²) in [5.74, 6) is -0.177. The van der Waals surface area contributed by atoms with Crippen molar-refractivity contribution in [3.05, 3.63) is 69.3 Å². The van der Waals surface area contributed by atoms with Crippen molar-refractivity contribution in [1.29, 1.82) is 0 Å². The number of aryl methyl sites for hydroxylation is 2. The summed E-state index contributed by atoms with van der Waals surface area (Å²) in [5.41, 5.74) is 3.64. The molecule has 1 heterocycles. The van der Waals surface area contributed by atoms with Crippen LogP contribution >= 0.6 is 0 Å². The summed E-state index contributed by atoms with van der Waals surface area (Å²) < 4.78 is 0. The Balaban J connectivity index is 1.91. The first-order valence-corrected chi connectivity index (χ1v) is 9.77. The number of nitrogens with zero attached hydrogens (tertiary/aromatic N) is 3. The monoisotopic (exact) mass is 406 g/mol. The molecule has 0 aromatic heterocycles. The summed E-state index contributed by atoms with van der Waals surface area (Å²) in [6.45, 7) is 7.35. The number of hydrogen-bond donors (Lipinski definition) is 0. The summed E-state index contributed by atoms with van der Waals surface area (Å²) in [4.78, 5) is 38.6. The van der Waals surface area contributed by atoms with Gasteiger partial charge in [0, 0.05) is 39.2 Å². The lowest BCUT2D eigenvalue weighted by molar-refractivity contribution is -0.384. The van der Waals surface area contributed by atoms with Crippen LogP contribution < -0.4 is 0 Å². The van der Waals surface area contributed by atoms with Gasteiger partial charge < -0.3 is 9.80 Å². The number of carbonyl (C=O) groups excluding carboxylic acids is 2. The normalized spacial score (nSPS) is 14.2. The zero-order chi connectivity index (χ0) is 21.8. The standard InChI is InChI=1S/C23H24N3O4/c1-16-7-9-20(17(2)15-16)23-19(5-4-6-21(23)26(29)30)8-10-22(28)25-13-11-24(12-14-25)18(3)27/h4-5,7-10,15H,11-14H2,1-3H3/b10-8+. The van der Waals surface area contributed by atoms with E-state index in [0.29, 0.717) is 37.3 Å². The Kier molecular flexibility index (Phi) is 6.30. The van der Waals surface area contributed by atoms with Crippen LogP contribution in [0.2, 0.25) is 0 Å². The first-order valence-electron chi connectivity index (χ1n) is 9.77. The smallest absolute Gasteiger partial charge is 0.285 e. The largest absolute Gasteiger partial charge is 0.339 e. The summed E-state index contributed by atoms with van der Waals surface area (Å²) in [6.07, 6.45) is 3.06. The molecule has 0 aliphatic carbocycles. The second-order valence-electron chi connectivity index (χ2n) is 7.40. The van der Waals surface area contributed by atoms with E-state index in [4.69, 9.17) is 0 Å². The molecule has 3 rings (SSSR count). The van der Waals surface area contributed by atoms with Crippen LogP contribution in [0.25, 0.3) is 17.2 Å². The maximum absolute atomic E-state index is 12.6. The summed E-state index contributed by atoms with van der Waals surface area (Å²) in [6, 6.07) is 11.7. The minimum absolute atomic E-state index is 0.00333. The van der Waals surface area contributed by atoms with Crippen LogP contribution in [0.1, 0.15) is 23.6 Å². The van der Waals surface area contributed by atoms with Crippen molar-refractivity contribution in [2.24, 2.45) is 0 Å². The average Bonchev–Trinajstić information content (AvgIpc) is 2.72. The molecule has 30 heavy (non-hydrogen) atoms. The molecule has 1 saturated heterocycles. The molecule has 0 bridgehead atoms. The van der Waals surface area contributed by atoms with Crippen molar-refractivity contribution in [2.75, 3.05) is 26.2 Å².